The summed E-state index contributed by atoms with van der Waals surface area (Å²) in [7, 11) is 0. The SMILES string of the molecule is CC(C(N)=O)c1ncc(-c2ccccc2COC2CCCCC2)s1. The van der Waals surface area contributed by atoms with Gasteiger partial charge in [-0.2, -0.15) is 0 Å². The number of thiazole rings is 1. The maximum Gasteiger partial charge on any atom is 0.227 e. The van der Waals surface area contributed by atoms with Crippen molar-refractivity contribution in [3.8, 4) is 10.4 Å². The number of nitrogens with two attached hydrogens (primary N) is 1. The van der Waals surface area contributed by atoms with Gasteiger partial charge < -0.3 is 10.5 Å². The van der Waals surface area contributed by atoms with E-state index < -0.39 is 0 Å². The van der Waals surface area contributed by atoms with Gasteiger partial charge in [-0.3, -0.25) is 4.79 Å². The number of ether oxygens (including phenoxy) is 1. The van der Waals surface area contributed by atoms with Gasteiger partial charge in [0.1, 0.15) is 5.01 Å². The molecule has 128 valence electrons. The molecule has 1 amide bonds. The van der Waals surface area contributed by atoms with E-state index in [2.05, 4.69) is 17.1 Å². The van der Waals surface area contributed by atoms with Crippen molar-refractivity contribution in [2.45, 2.75) is 57.7 Å². The van der Waals surface area contributed by atoms with Crippen molar-refractivity contribution in [1.82, 2.24) is 4.98 Å². The van der Waals surface area contributed by atoms with E-state index in [1.165, 1.54) is 49.0 Å². The lowest BCUT2D eigenvalue weighted by atomic mass is 9.97. The Balaban J connectivity index is 1.75. The van der Waals surface area contributed by atoms with E-state index in [1.54, 1.807) is 6.92 Å². The highest BCUT2D eigenvalue weighted by molar-refractivity contribution is 7.15. The molecule has 3 rings (SSSR count). The lowest BCUT2D eigenvalue weighted by molar-refractivity contribution is -0.119. The summed E-state index contributed by atoms with van der Waals surface area (Å²) >= 11 is 1.53. The Hall–Kier alpha value is -1.72. The topological polar surface area (TPSA) is 65.2 Å². The average molecular weight is 344 g/mol. The molecule has 1 aromatic heterocycles. The fraction of sp³-hybridized carbons (Fsp3) is 0.474. The second kappa shape index (κ2) is 7.90. The van der Waals surface area contributed by atoms with Gasteiger partial charge >= 0.3 is 0 Å². The second-order valence-corrected chi connectivity index (χ2v) is 7.48. The van der Waals surface area contributed by atoms with E-state index in [1.807, 2.05) is 18.3 Å². The molecule has 2 N–H and O–H groups in total. The molecule has 0 radical (unpaired) electrons. The normalized spacial score (nSPS) is 16.9. The minimum Gasteiger partial charge on any atom is -0.374 e. The van der Waals surface area contributed by atoms with Gasteiger partial charge in [0.05, 0.1) is 23.5 Å². The van der Waals surface area contributed by atoms with Crippen LogP contribution in [0.4, 0.5) is 0 Å². The molecule has 4 nitrogen and oxygen atoms in total. The van der Waals surface area contributed by atoms with Gasteiger partial charge in [0.2, 0.25) is 5.91 Å². The van der Waals surface area contributed by atoms with Crippen molar-refractivity contribution in [1.29, 1.82) is 0 Å². The standard InChI is InChI=1S/C19H24N2O2S/c1-13(18(20)22)19-21-11-17(24-19)16-10-6-5-7-14(16)12-23-15-8-3-2-4-9-15/h5-7,10-11,13,15H,2-4,8-9,12H2,1H3,(H2,20,22). The summed E-state index contributed by atoms with van der Waals surface area (Å²) in [6, 6.07) is 8.26. The fourth-order valence-electron chi connectivity index (χ4n) is 3.06. The highest BCUT2D eigenvalue weighted by Gasteiger charge is 2.18. The molecule has 5 heteroatoms. The van der Waals surface area contributed by atoms with Crippen molar-refractivity contribution in [3.05, 3.63) is 41.0 Å². The van der Waals surface area contributed by atoms with Crippen LogP contribution in [0.15, 0.2) is 30.5 Å². The van der Waals surface area contributed by atoms with Crippen LogP contribution in [-0.2, 0) is 16.1 Å². The summed E-state index contributed by atoms with van der Waals surface area (Å²) in [4.78, 5) is 16.8. The predicted molar refractivity (Wildman–Crippen MR) is 96.8 cm³/mol. The van der Waals surface area contributed by atoms with Crippen LogP contribution in [-0.4, -0.2) is 17.0 Å². The van der Waals surface area contributed by atoms with E-state index in [-0.39, 0.29) is 11.8 Å². The molecule has 1 fully saturated rings. The first-order valence-electron chi connectivity index (χ1n) is 8.60. The van der Waals surface area contributed by atoms with E-state index in [4.69, 9.17) is 10.5 Å². The van der Waals surface area contributed by atoms with Crippen molar-refractivity contribution in [2.24, 2.45) is 5.73 Å². The third kappa shape index (κ3) is 4.02. The second-order valence-electron chi connectivity index (χ2n) is 6.41. The van der Waals surface area contributed by atoms with Gasteiger partial charge in [-0.1, -0.05) is 43.5 Å². The first-order chi connectivity index (χ1) is 11.6. The van der Waals surface area contributed by atoms with Gasteiger partial charge in [0, 0.05) is 6.20 Å². The maximum atomic E-state index is 11.4. The largest absolute Gasteiger partial charge is 0.374 e. The maximum absolute atomic E-state index is 11.4. The molecule has 1 aromatic carbocycles. The van der Waals surface area contributed by atoms with Crippen molar-refractivity contribution in [2.75, 3.05) is 0 Å². The van der Waals surface area contributed by atoms with Crippen LogP contribution in [0.2, 0.25) is 0 Å². The predicted octanol–water partition coefficient (Wildman–Crippen LogP) is 4.25. The molecule has 1 atom stereocenters. The first-order valence-corrected chi connectivity index (χ1v) is 9.41. The van der Waals surface area contributed by atoms with E-state index in [0.29, 0.717) is 12.7 Å². The average Bonchev–Trinajstić information content (AvgIpc) is 3.10. The van der Waals surface area contributed by atoms with E-state index in [9.17, 15) is 4.79 Å². The van der Waals surface area contributed by atoms with Crippen molar-refractivity contribution in [3.63, 3.8) is 0 Å². The molecule has 1 unspecified atom stereocenters. The van der Waals surface area contributed by atoms with E-state index in [0.717, 1.165) is 15.4 Å². The number of amides is 1. The van der Waals surface area contributed by atoms with Gasteiger partial charge in [0.25, 0.3) is 0 Å². The zero-order valence-electron chi connectivity index (χ0n) is 14.0. The number of aromatic nitrogens is 1. The summed E-state index contributed by atoms with van der Waals surface area (Å²) in [6.07, 6.45) is 8.44. The van der Waals surface area contributed by atoms with Gasteiger partial charge in [-0.05, 0) is 30.9 Å². The van der Waals surface area contributed by atoms with Gasteiger partial charge in [-0.25, -0.2) is 4.98 Å². The van der Waals surface area contributed by atoms with Crippen LogP contribution in [0.25, 0.3) is 10.4 Å². The summed E-state index contributed by atoms with van der Waals surface area (Å²) in [5, 5.41) is 0.764. The monoisotopic (exact) mass is 344 g/mol. The quantitative estimate of drug-likeness (QED) is 0.852. The van der Waals surface area contributed by atoms with Crippen LogP contribution >= 0.6 is 11.3 Å². The zero-order valence-corrected chi connectivity index (χ0v) is 14.8. The third-order valence-corrected chi connectivity index (χ3v) is 5.84. The fourth-order valence-corrected chi connectivity index (χ4v) is 4.10. The van der Waals surface area contributed by atoms with Crippen LogP contribution in [0.1, 0.15) is 55.5 Å². The summed E-state index contributed by atoms with van der Waals surface area (Å²) in [5.74, 6) is -0.695. The molecular formula is C19H24N2O2S. The number of carbonyl (C=O) groups excluding carboxylic acids is 1. The molecule has 1 saturated carbocycles. The lowest BCUT2D eigenvalue weighted by Crippen LogP contribution is -2.18. The number of primary amides is 1. The molecule has 24 heavy (non-hydrogen) atoms. The lowest BCUT2D eigenvalue weighted by Gasteiger charge is -2.22. The molecule has 1 aliphatic rings. The number of rotatable bonds is 6. The molecule has 1 aliphatic carbocycles. The zero-order chi connectivity index (χ0) is 16.9. The Labute approximate surface area is 147 Å². The highest BCUT2D eigenvalue weighted by atomic mass is 32.1. The third-order valence-electron chi connectivity index (χ3n) is 4.63. The van der Waals surface area contributed by atoms with Crippen LogP contribution in [0, 0.1) is 0 Å². The summed E-state index contributed by atoms with van der Waals surface area (Å²) < 4.78 is 6.13. The molecule has 0 aliphatic heterocycles. The molecular weight excluding hydrogens is 320 g/mol. The molecule has 1 heterocycles. The van der Waals surface area contributed by atoms with Gasteiger partial charge in [-0.15, -0.1) is 11.3 Å². The van der Waals surface area contributed by atoms with E-state index >= 15 is 0 Å². The minimum absolute atomic E-state index is 0.343. The first kappa shape index (κ1) is 17.1. The molecule has 2 aromatic rings. The highest BCUT2D eigenvalue weighted by Crippen LogP contribution is 2.33. The number of hydrogen-bond acceptors (Lipinski definition) is 4. The summed E-state index contributed by atoms with van der Waals surface area (Å²) in [5.41, 5.74) is 7.69. The van der Waals surface area contributed by atoms with Crippen molar-refractivity contribution < 1.29 is 9.53 Å². The van der Waals surface area contributed by atoms with Crippen LogP contribution < -0.4 is 5.73 Å². The molecule has 0 spiro atoms. The Morgan fingerprint density at radius 1 is 1.33 bits per heavy atom. The number of carbonyl (C=O) groups is 1. The van der Waals surface area contributed by atoms with Crippen molar-refractivity contribution >= 4 is 17.2 Å². The molecule has 0 bridgehead atoms. The number of nitrogens with zero attached hydrogens (tertiary/aromatic N) is 1. The Morgan fingerprint density at radius 3 is 2.83 bits per heavy atom. The number of benzene rings is 1. The smallest absolute Gasteiger partial charge is 0.227 e. The molecule has 0 saturated heterocycles. The number of hydrogen-bond donors (Lipinski definition) is 1. The van der Waals surface area contributed by atoms with Crippen LogP contribution in [0.3, 0.4) is 0 Å². The van der Waals surface area contributed by atoms with Crippen LogP contribution in [0.5, 0.6) is 0 Å². The van der Waals surface area contributed by atoms with Gasteiger partial charge in [0.15, 0.2) is 0 Å². The summed E-state index contributed by atoms with van der Waals surface area (Å²) in [6.45, 7) is 2.42. The minimum atomic E-state index is -0.352. The Morgan fingerprint density at radius 2 is 2.08 bits per heavy atom. The Kier molecular flexibility index (Phi) is 5.63. The Bertz CT molecular complexity index is 692.